The van der Waals surface area contributed by atoms with Gasteiger partial charge in [0.05, 0.1) is 15.9 Å². The molecule has 0 fully saturated rings. The largest absolute Gasteiger partial charge is 0.487 e. The van der Waals surface area contributed by atoms with Crippen LogP contribution in [0.15, 0.2) is 34.6 Å². The van der Waals surface area contributed by atoms with Gasteiger partial charge in [0.15, 0.2) is 0 Å². The molecule has 1 heterocycles. The van der Waals surface area contributed by atoms with Crippen LogP contribution in [0.2, 0.25) is 0 Å². The van der Waals surface area contributed by atoms with E-state index in [4.69, 9.17) is 4.74 Å². The summed E-state index contributed by atoms with van der Waals surface area (Å²) in [5.41, 5.74) is 0.0527. The van der Waals surface area contributed by atoms with Crippen LogP contribution in [-0.4, -0.2) is 11.5 Å². The Balaban J connectivity index is 2.41. The summed E-state index contributed by atoms with van der Waals surface area (Å²) in [4.78, 5) is 11.8. The average Bonchev–Trinajstić information content (AvgIpc) is 2.16. The lowest BCUT2D eigenvalue weighted by Crippen LogP contribution is -2.04. The molecule has 1 aromatic rings. The molecule has 0 amide bonds. The molecule has 0 aromatic heterocycles. The third kappa shape index (κ3) is 1.58. The fraction of sp³-hybridized carbons (Fsp3) is 0.111. The van der Waals surface area contributed by atoms with Crippen LogP contribution in [0.25, 0.3) is 0 Å². The van der Waals surface area contributed by atoms with Gasteiger partial charge in [0.2, 0.25) is 0 Å². The number of fused-ring (bicyclic) bond motifs is 1. The van der Waals surface area contributed by atoms with E-state index in [0.29, 0.717) is 12.4 Å². The van der Waals surface area contributed by atoms with E-state index in [-0.39, 0.29) is 5.69 Å². The van der Waals surface area contributed by atoms with Crippen molar-refractivity contribution in [2.45, 2.75) is 4.90 Å². The fourth-order valence-corrected chi connectivity index (χ4v) is 1.93. The fourth-order valence-electron chi connectivity index (χ4n) is 1.15. The lowest BCUT2D eigenvalue weighted by Gasteiger charge is -2.17. The Morgan fingerprint density at radius 2 is 2.36 bits per heavy atom. The second-order valence-electron chi connectivity index (χ2n) is 2.82. The first-order valence-electron chi connectivity index (χ1n) is 3.93. The van der Waals surface area contributed by atoms with E-state index in [1.165, 1.54) is 23.9 Å². The summed E-state index contributed by atoms with van der Waals surface area (Å²) in [5.74, 6) is 0.566. The predicted octanol–water partition coefficient (Wildman–Crippen LogP) is 2.59. The minimum Gasteiger partial charge on any atom is -0.487 e. The van der Waals surface area contributed by atoms with Crippen molar-refractivity contribution in [2.24, 2.45) is 0 Å². The van der Waals surface area contributed by atoms with E-state index in [1.54, 1.807) is 6.07 Å². The maximum atomic E-state index is 10.5. The van der Waals surface area contributed by atoms with Crippen molar-refractivity contribution in [2.75, 3.05) is 6.61 Å². The molecule has 0 spiro atoms. The number of nitro benzene ring substituents is 1. The van der Waals surface area contributed by atoms with Gasteiger partial charge >= 0.3 is 0 Å². The van der Waals surface area contributed by atoms with E-state index < -0.39 is 4.92 Å². The Kier molecular flexibility index (Phi) is 2.17. The molecule has 14 heavy (non-hydrogen) atoms. The number of rotatable bonds is 1. The minimum atomic E-state index is -0.433. The predicted molar refractivity (Wildman–Crippen MR) is 53.6 cm³/mol. The molecule has 0 unspecified atom stereocenters. The van der Waals surface area contributed by atoms with E-state index in [1.807, 2.05) is 0 Å². The topological polar surface area (TPSA) is 52.4 Å². The number of benzene rings is 1. The van der Waals surface area contributed by atoms with Crippen molar-refractivity contribution in [3.05, 3.63) is 39.8 Å². The van der Waals surface area contributed by atoms with Crippen LogP contribution >= 0.6 is 11.8 Å². The summed E-state index contributed by atoms with van der Waals surface area (Å²) >= 11 is 1.49. The van der Waals surface area contributed by atoms with Gasteiger partial charge in [-0.25, -0.2) is 0 Å². The maximum Gasteiger partial charge on any atom is 0.273 e. The molecule has 5 heteroatoms. The molecule has 0 saturated heterocycles. The number of non-ortho nitro benzene ring substituents is 1. The van der Waals surface area contributed by atoms with Crippen LogP contribution in [0.1, 0.15) is 0 Å². The highest BCUT2D eigenvalue weighted by Gasteiger charge is 2.17. The van der Waals surface area contributed by atoms with Gasteiger partial charge in [-0.3, -0.25) is 10.1 Å². The summed E-state index contributed by atoms with van der Waals surface area (Å²) in [6, 6.07) is 4.59. The molecule has 0 N–H and O–H groups in total. The Morgan fingerprint density at radius 1 is 1.57 bits per heavy atom. The monoisotopic (exact) mass is 209 g/mol. The first kappa shape index (κ1) is 9.08. The zero-order valence-electron chi connectivity index (χ0n) is 7.23. The van der Waals surface area contributed by atoms with Gasteiger partial charge in [0.1, 0.15) is 12.4 Å². The number of ether oxygens (including phenoxy) is 1. The SMILES string of the molecule is C=C1COc2cc([N+](=O)[O-])ccc2S1. The van der Waals surface area contributed by atoms with Crippen molar-refractivity contribution in [1.82, 2.24) is 0 Å². The van der Waals surface area contributed by atoms with E-state index >= 15 is 0 Å². The smallest absolute Gasteiger partial charge is 0.273 e. The maximum absolute atomic E-state index is 10.5. The molecule has 1 aromatic carbocycles. The minimum absolute atomic E-state index is 0.0527. The Hall–Kier alpha value is -1.49. The van der Waals surface area contributed by atoms with Gasteiger partial charge < -0.3 is 4.74 Å². The number of nitro groups is 1. The Bertz CT molecular complexity index is 417. The molecule has 0 saturated carbocycles. The van der Waals surface area contributed by atoms with Crippen LogP contribution < -0.4 is 4.74 Å². The van der Waals surface area contributed by atoms with Crippen molar-refractivity contribution in [3.63, 3.8) is 0 Å². The molecule has 0 atom stereocenters. The molecular formula is C9H7NO3S. The van der Waals surface area contributed by atoms with E-state index in [9.17, 15) is 10.1 Å². The third-order valence-electron chi connectivity index (χ3n) is 1.78. The van der Waals surface area contributed by atoms with Gasteiger partial charge in [-0.05, 0) is 6.07 Å². The second-order valence-corrected chi connectivity index (χ2v) is 4.04. The highest BCUT2D eigenvalue weighted by atomic mass is 32.2. The Morgan fingerprint density at radius 3 is 3.07 bits per heavy atom. The van der Waals surface area contributed by atoms with Gasteiger partial charge in [-0.2, -0.15) is 0 Å². The zero-order chi connectivity index (χ0) is 10.1. The molecule has 0 aliphatic carbocycles. The normalized spacial score (nSPS) is 14.4. The van der Waals surface area contributed by atoms with Crippen LogP contribution in [0, 0.1) is 10.1 Å². The van der Waals surface area contributed by atoms with Crippen molar-refractivity contribution < 1.29 is 9.66 Å². The van der Waals surface area contributed by atoms with Crippen LogP contribution in [0.3, 0.4) is 0 Å². The molecule has 2 rings (SSSR count). The third-order valence-corrected chi connectivity index (χ3v) is 2.74. The quantitative estimate of drug-likeness (QED) is 0.527. The van der Waals surface area contributed by atoms with Gasteiger partial charge in [-0.1, -0.05) is 18.3 Å². The number of hydrogen-bond acceptors (Lipinski definition) is 4. The molecule has 4 nitrogen and oxygen atoms in total. The van der Waals surface area contributed by atoms with E-state index in [0.717, 1.165) is 9.80 Å². The summed E-state index contributed by atoms with van der Waals surface area (Å²) in [7, 11) is 0. The lowest BCUT2D eigenvalue weighted by atomic mass is 10.3. The highest BCUT2D eigenvalue weighted by Crippen LogP contribution is 2.39. The zero-order valence-corrected chi connectivity index (χ0v) is 8.04. The number of hydrogen-bond donors (Lipinski definition) is 0. The van der Waals surface area contributed by atoms with Crippen LogP contribution in [0.4, 0.5) is 5.69 Å². The summed E-state index contributed by atoms with van der Waals surface area (Å²) in [6.07, 6.45) is 0. The molecule has 1 aliphatic rings. The summed E-state index contributed by atoms with van der Waals surface area (Å²) < 4.78 is 5.30. The molecule has 1 aliphatic heterocycles. The van der Waals surface area contributed by atoms with Gasteiger partial charge in [-0.15, -0.1) is 0 Å². The first-order chi connectivity index (χ1) is 6.66. The van der Waals surface area contributed by atoms with Crippen molar-refractivity contribution in [3.8, 4) is 5.75 Å². The van der Waals surface area contributed by atoms with Crippen molar-refractivity contribution in [1.29, 1.82) is 0 Å². The summed E-state index contributed by atoms with van der Waals surface area (Å²) in [5, 5.41) is 10.5. The second kappa shape index (κ2) is 3.34. The molecule has 0 radical (unpaired) electrons. The van der Waals surface area contributed by atoms with Gasteiger partial charge in [0, 0.05) is 11.0 Å². The molecule has 72 valence electrons. The standard InChI is InChI=1S/C9H7NO3S/c1-6-5-13-8-4-7(10(11)12)2-3-9(8)14-6/h2-4H,1,5H2. The van der Waals surface area contributed by atoms with Gasteiger partial charge in [0.25, 0.3) is 5.69 Å². The summed E-state index contributed by atoms with van der Waals surface area (Å²) in [6.45, 7) is 4.19. The number of thioether (sulfide) groups is 1. The molecular weight excluding hydrogens is 202 g/mol. The number of nitrogens with zero attached hydrogens (tertiary/aromatic N) is 1. The van der Waals surface area contributed by atoms with Crippen molar-refractivity contribution >= 4 is 17.4 Å². The van der Waals surface area contributed by atoms with Crippen LogP contribution in [0.5, 0.6) is 5.75 Å². The van der Waals surface area contributed by atoms with E-state index in [2.05, 4.69) is 6.58 Å². The molecule has 0 bridgehead atoms. The van der Waals surface area contributed by atoms with Crippen LogP contribution in [-0.2, 0) is 0 Å². The first-order valence-corrected chi connectivity index (χ1v) is 4.75. The highest BCUT2D eigenvalue weighted by molar-refractivity contribution is 8.03. The Labute approximate surface area is 84.7 Å². The average molecular weight is 209 g/mol. The lowest BCUT2D eigenvalue weighted by molar-refractivity contribution is -0.385.